The summed E-state index contributed by atoms with van der Waals surface area (Å²) in [5.74, 6) is 1.09. The third-order valence-electron chi connectivity index (χ3n) is 5.09. The minimum absolute atomic E-state index is 0.0564. The Morgan fingerprint density at radius 2 is 1.76 bits per heavy atom. The van der Waals surface area contributed by atoms with Gasteiger partial charge in [0.1, 0.15) is 11.5 Å². The first-order valence-electron chi connectivity index (χ1n) is 9.03. The number of amides is 2. The molecular formula is C18H27N5O2. The maximum Gasteiger partial charge on any atom is 0.272 e. The number of rotatable bonds is 2. The average molecular weight is 345 g/mol. The van der Waals surface area contributed by atoms with Crippen molar-refractivity contribution in [3.63, 3.8) is 0 Å². The number of likely N-dealkylation sites (tertiary alicyclic amines) is 1. The van der Waals surface area contributed by atoms with E-state index in [4.69, 9.17) is 0 Å². The summed E-state index contributed by atoms with van der Waals surface area (Å²) in [6.45, 7) is 7.83. The summed E-state index contributed by atoms with van der Waals surface area (Å²) in [5.41, 5.74) is 1.32. The van der Waals surface area contributed by atoms with Crippen LogP contribution in [0.25, 0.3) is 0 Å². The standard InChI is InChI=1S/C18H27N5O2/c1-13-11-16(18(25)23-9-7-22(8-10-23)14(2)24)20-17(19-13)15-5-4-6-21(3)12-15/h11,15H,4-10,12H2,1-3H3/t15-/m1/s1. The molecule has 1 aromatic heterocycles. The van der Waals surface area contributed by atoms with E-state index in [0.717, 1.165) is 37.4 Å². The molecule has 2 aliphatic rings. The van der Waals surface area contributed by atoms with Crippen molar-refractivity contribution in [3.05, 3.63) is 23.3 Å². The monoisotopic (exact) mass is 345 g/mol. The lowest BCUT2D eigenvalue weighted by atomic mass is 9.97. The number of piperazine rings is 1. The number of hydrogen-bond acceptors (Lipinski definition) is 5. The van der Waals surface area contributed by atoms with Crippen molar-refractivity contribution >= 4 is 11.8 Å². The van der Waals surface area contributed by atoms with E-state index in [1.165, 1.54) is 0 Å². The van der Waals surface area contributed by atoms with Crippen molar-refractivity contribution in [2.24, 2.45) is 0 Å². The van der Waals surface area contributed by atoms with Crippen LogP contribution in [0.15, 0.2) is 6.07 Å². The number of hydrogen-bond donors (Lipinski definition) is 0. The predicted octanol–water partition coefficient (Wildman–Crippen LogP) is 0.899. The lowest BCUT2D eigenvalue weighted by molar-refractivity contribution is -0.130. The van der Waals surface area contributed by atoms with Crippen LogP contribution in [0.4, 0.5) is 0 Å². The molecule has 7 heteroatoms. The highest BCUT2D eigenvalue weighted by Crippen LogP contribution is 2.24. The first-order chi connectivity index (χ1) is 11.9. The van der Waals surface area contributed by atoms with Crippen molar-refractivity contribution in [2.45, 2.75) is 32.6 Å². The molecule has 3 heterocycles. The molecule has 0 spiro atoms. The van der Waals surface area contributed by atoms with Gasteiger partial charge in [-0.15, -0.1) is 0 Å². The Morgan fingerprint density at radius 1 is 1.08 bits per heavy atom. The van der Waals surface area contributed by atoms with Gasteiger partial charge < -0.3 is 14.7 Å². The molecule has 136 valence electrons. The van der Waals surface area contributed by atoms with Gasteiger partial charge in [-0.1, -0.05) is 0 Å². The number of piperidine rings is 1. The fourth-order valence-electron chi connectivity index (χ4n) is 3.65. The largest absolute Gasteiger partial charge is 0.339 e. The zero-order valence-corrected chi connectivity index (χ0v) is 15.4. The van der Waals surface area contributed by atoms with Crippen molar-refractivity contribution in [2.75, 3.05) is 46.3 Å². The zero-order valence-electron chi connectivity index (χ0n) is 15.4. The lowest BCUT2D eigenvalue weighted by Crippen LogP contribution is -2.50. The Kier molecular flexibility index (Phi) is 5.32. The van der Waals surface area contributed by atoms with E-state index in [2.05, 4.69) is 21.9 Å². The van der Waals surface area contributed by atoms with Crippen molar-refractivity contribution in [1.82, 2.24) is 24.7 Å². The average Bonchev–Trinajstić information content (AvgIpc) is 2.60. The molecule has 0 aromatic carbocycles. The van der Waals surface area contributed by atoms with E-state index in [0.29, 0.717) is 37.8 Å². The molecule has 2 amide bonds. The van der Waals surface area contributed by atoms with Gasteiger partial charge in [0.25, 0.3) is 5.91 Å². The summed E-state index contributed by atoms with van der Waals surface area (Å²) in [7, 11) is 2.11. The van der Waals surface area contributed by atoms with Gasteiger partial charge in [-0.2, -0.15) is 0 Å². The predicted molar refractivity (Wildman–Crippen MR) is 94.4 cm³/mol. The van der Waals surface area contributed by atoms with Crippen LogP contribution in [0.1, 0.15) is 47.7 Å². The molecule has 0 N–H and O–H groups in total. The molecule has 25 heavy (non-hydrogen) atoms. The van der Waals surface area contributed by atoms with Gasteiger partial charge in [0, 0.05) is 51.3 Å². The van der Waals surface area contributed by atoms with E-state index >= 15 is 0 Å². The molecule has 1 atom stereocenters. The summed E-state index contributed by atoms with van der Waals surface area (Å²) < 4.78 is 0. The van der Waals surface area contributed by atoms with Crippen LogP contribution in [0.2, 0.25) is 0 Å². The van der Waals surface area contributed by atoms with E-state index in [9.17, 15) is 9.59 Å². The topological polar surface area (TPSA) is 69.6 Å². The van der Waals surface area contributed by atoms with E-state index in [1.807, 2.05) is 6.92 Å². The Bertz CT molecular complexity index is 655. The number of aromatic nitrogens is 2. The quantitative estimate of drug-likeness (QED) is 0.796. The molecule has 0 bridgehead atoms. The first kappa shape index (κ1) is 17.8. The number of carbonyl (C=O) groups is 2. The van der Waals surface area contributed by atoms with Gasteiger partial charge in [0.2, 0.25) is 5.91 Å². The minimum atomic E-state index is -0.0564. The Morgan fingerprint density at radius 3 is 2.40 bits per heavy atom. The second-order valence-electron chi connectivity index (χ2n) is 7.15. The molecule has 0 aliphatic carbocycles. The second kappa shape index (κ2) is 7.47. The minimum Gasteiger partial charge on any atom is -0.339 e. The third kappa shape index (κ3) is 4.15. The molecule has 0 saturated carbocycles. The van der Waals surface area contributed by atoms with Crippen LogP contribution < -0.4 is 0 Å². The van der Waals surface area contributed by atoms with E-state index in [-0.39, 0.29) is 11.8 Å². The maximum absolute atomic E-state index is 12.8. The van der Waals surface area contributed by atoms with Crippen LogP contribution >= 0.6 is 0 Å². The smallest absolute Gasteiger partial charge is 0.272 e. The molecule has 1 aromatic rings. The third-order valence-corrected chi connectivity index (χ3v) is 5.09. The molecule has 2 aliphatic heterocycles. The molecule has 3 rings (SSSR count). The Labute approximate surface area is 149 Å². The normalized spacial score (nSPS) is 22.1. The molecule has 0 unspecified atom stereocenters. The van der Waals surface area contributed by atoms with Gasteiger partial charge in [0.15, 0.2) is 0 Å². The number of likely N-dealkylation sites (N-methyl/N-ethyl adjacent to an activating group) is 1. The Hall–Kier alpha value is -2.02. The second-order valence-corrected chi connectivity index (χ2v) is 7.15. The number of carbonyl (C=O) groups excluding carboxylic acids is 2. The van der Waals surface area contributed by atoms with Gasteiger partial charge in [-0.3, -0.25) is 9.59 Å². The van der Waals surface area contributed by atoms with Gasteiger partial charge in [0.05, 0.1) is 0 Å². The summed E-state index contributed by atoms with van der Waals surface area (Å²) >= 11 is 0. The summed E-state index contributed by atoms with van der Waals surface area (Å²) in [6, 6.07) is 1.77. The first-order valence-corrected chi connectivity index (χ1v) is 9.03. The van der Waals surface area contributed by atoms with Crippen molar-refractivity contribution in [1.29, 1.82) is 0 Å². The van der Waals surface area contributed by atoms with Gasteiger partial charge >= 0.3 is 0 Å². The number of nitrogens with zero attached hydrogens (tertiary/aromatic N) is 5. The number of aryl methyl sites for hydroxylation is 1. The highest BCUT2D eigenvalue weighted by Gasteiger charge is 2.27. The summed E-state index contributed by atoms with van der Waals surface area (Å²) in [5, 5.41) is 0. The highest BCUT2D eigenvalue weighted by atomic mass is 16.2. The van der Waals surface area contributed by atoms with Gasteiger partial charge in [-0.25, -0.2) is 9.97 Å². The van der Waals surface area contributed by atoms with Crippen LogP contribution in [0.5, 0.6) is 0 Å². The highest BCUT2D eigenvalue weighted by molar-refractivity contribution is 5.92. The maximum atomic E-state index is 12.8. The van der Waals surface area contributed by atoms with E-state index in [1.54, 1.807) is 22.8 Å². The van der Waals surface area contributed by atoms with Crippen molar-refractivity contribution in [3.8, 4) is 0 Å². The van der Waals surface area contributed by atoms with Crippen LogP contribution in [0.3, 0.4) is 0 Å². The molecule has 2 saturated heterocycles. The Balaban J connectivity index is 1.73. The summed E-state index contributed by atoms with van der Waals surface area (Å²) in [4.78, 5) is 39.3. The molecule has 7 nitrogen and oxygen atoms in total. The molecule has 0 radical (unpaired) electrons. The van der Waals surface area contributed by atoms with Crippen LogP contribution in [0, 0.1) is 6.92 Å². The zero-order chi connectivity index (χ0) is 18.0. The lowest BCUT2D eigenvalue weighted by Gasteiger charge is -2.34. The van der Waals surface area contributed by atoms with E-state index < -0.39 is 0 Å². The van der Waals surface area contributed by atoms with Crippen LogP contribution in [-0.4, -0.2) is 82.8 Å². The molecular weight excluding hydrogens is 318 g/mol. The van der Waals surface area contributed by atoms with Crippen molar-refractivity contribution < 1.29 is 9.59 Å². The summed E-state index contributed by atoms with van der Waals surface area (Å²) in [6.07, 6.45) is 2.20. The molecule has 2 fully saturated rings. The fraction of sp³-hybridized carbons (Fsp3) is 0.667. The SMILES string of the molecule is CC(=O)N1CCN(C(=O)c2cc(C)nc([C@@H]3CCCN(C)C3)n2)CC1. The van der Waals surface area contributed by atoms with Crippen LogP contribution in [-0.2, 0) is 4.79 Å². The van der Waals surface area contributed by atoms with Gasteiger partial charge in [-0.05, 0) is 39.4 Å². The fourth-order valence-corrected chi connectivity index (χ4v) is 3.65.